The first-order valence-electron chi connectivity index (χ1n) is 12.3. The summed E-state index contributed by atoms with van der Waals surface area (Å²) >= 11 is 0. The Balaban J connectivity index is 1.08. The third kappa shape index (κ3) is 4.87. The maximum absolute atomic E-state index is 13.0. The van der Waals surface area contributed by atoms with E-state index in [1.165, 1.54) is 0 Å². The molecular formula is C25H32F3N3O4. The third-order valence-electron chi connectivity index (χ3n) is 7.76. The summed E-state index contributed by atoms with van der Waals surface area (Å²) < 4.78 is 49.9. The van der Waals surface area contributed by atoms with Gasteiger partial charge in [0.25, 0.3) is 0 Å². The van der Waals surface area contributed by atoms with E-state index in [4.69, 9.17) is 9.47 Å². The standard InChI is InChI=1S/C25H32F3N3O4/c1-24(2,25(26,27)28)35-21-13-30(14-21)19-5-3-16(4-6-19)18-11-31(12-18)23(33)29-8-7-22-17(10-29)9-20(32)15-34-22/h3-6,17-18,21-22H,7-15H2,1-2H3/t17-,22+/m1/s1. The van der Waals surface area contributed by atoms with Crippen LogP contribution in [-0.4, -0.2) is 91.5 Å². The number of urea groups is 1. The zero-order valence-electron chi connectivity index (χ0n) is 20.1. The Morgan fingerprint density at radius 1 is 1.03 bits per heavy atom. The molecule has 0 saturated carbocycles. The van der Waals surface area contributed by atoms with Crippen molar-refractivity contribution in [3.63, 3.8) is 0 Å². The van der Waals surface area contributed by atoms with Crippen molar-refractivity contribution in [2.45, 2.75) is 56.6 Å². The minimum Gasteiger partial charge on any atom is -0.370 e. The van der Waals surface area contributed by atoms with Crippen molar-refractivity contribution >= 4 is 17.5 Å². The number of halogens is 3. The minimum absolute atomic E-state index is 0.0303. The second-order valence-corrected chi connectivity index (χ2v) is 10.7. The van der Waals surface area contributed by atoms with Crippen LogP contribution >= 0.6 is 0 Å². The lowest BCUT2D eigenvalue weighted by Crippen LogP contribution is -2.58. The lowest BCUT2D eigenvalue weighted by atomic mass is 9.87. The second kappa shape index (κ2) is 8.96. The molecule has 4 saturated heterocycles. The highest BCUT2D eigenvalue weighted by atomic mass is 19.4. The van der Waals surface area contributed by atoms with Crippen LogP contribution in [0, 0.1) is 5.92 Å². The molecule has 5 rings (SSSR count). The molecule has 4 heterocycles. The van der Waals surface area contributed by atoms with E-state index in [2.05, 4.69) is 0 Å². The van der Waals surface area contributed by atoms with Gasteiger partial charge >= 0.3 is 12.2 Å². The van der Waals surface area contributed by atoms with Gasteiger partial charge in [0, 0.05) is 63.2 Å². The lowest BCUT2D eigenvalue weighted by molar-refractivity contribution is -0.278. The summed E-state index contributed by atoms with van der Waals surface area (Å²) in [6.07, 6.45) is -3.48. The highest BCUT2D eigenvalue weighted by Gasteiger charge is 2.51. The number of ketones is 1. The molecule has 1 aromatic carbocycles. The van der Waals surface area contributed by atoms with Crippen LogP contribution in [0.25, 0.3) is 0 Å². The number of fused-ring (bicyclic) bond motifs is 1. The average Bonchev–Trinajstić information content (AvgIpc) is 2.74. The molecule has 7 nitrogen and oxygen atoms in total. The van der Waals surface area contributed by atoms with Gasteiger partial charge in [-0.15, -0.1) is 0 Å². The number of rotatable bonds is 4. The van der Waals surface area contributed by atoms with Gasteiger partial charge in [0.2, 0.25) is 0 Å². The summed E-state index contributed by atoms with van der Waals surface area (Å²) in [7, 11) is 0. The SMILES string of the molecule is CC(C)(OC1CN(c2ccc(C3CN(C(=O)N4CC[C@@H]5OCC(=O)C[C@@H]5C4)C3)cc2)C1)C(F)(F)F. The van der Waals surface area contributed by atoms with Gasteiger partial charge in [-0.3, -0.25) is 4.79 Å². The van der Waals surface area contributed by atoms with Crippen LogP contribution in [0.4, 0.5) is 23.7 Å². The molecule has 0 bridgehead atoms. The second-order valence-electron chi connectivity index (χ2n) is 10.7. The average molecular weight is 496 g/mol. The van der Waals surface area contributed by atoms with Gasteiger partial charge in [-0.1, -0.05) is 12.1 Å². The molecule has 0 spiro atoms. The predicted octanol–water partition coefficient (Wildman–Crippen LogP) is 3.43. The summed E-state index contributed by atoms with van der Waals surface area (Å²) in [6, 6.07) is 8.06. The highest BCUT2D eigenvalue weighted by Crippen LogP contribution is 2.37. The molecule has 35 heavy (non-hydrogen) atoms. The van der Waals surface area contributed by atoms with Crippen LogP contribution in [0.15, 0.2) is 24.3 Å². The van der Waals surface area contributed by atoms with E-state index in [1.54, 1.807) is 0 Å². The Hall–Kier alpha value is -2.33. The van der Waals surface area contributed by atoms with Crippen LogP contribution in [-0.2, 0) is 14.3 Å². The molecule has 0 unspecified atom stereocenters. The smallest absolute Gasteiger partial charge is 0.370 e. The van der Waals surface area contributed by atoms with E-state index in [-0.39, 0.29) is 36.4 Å². The molecule has 4 aliphatic rings. The van der Waals surface area contributed by atoms with E-state index in [1.807, 2.05) is 39.0 Å². The van der Waals surface area contributed by atoms with Gasteiger partial charge in [0.15, 0.2) is 11.4 Å². The van der Waals surface area contributed by atoms with Crippen LogP contribution < -0.4 is 4.90 Å². The van der Waals surface area contributed by atoms with E-state index >= 15 is 0 Å². The summed E-state index contributed by atoms with van der Waals surface area (Å²) in [4.78, 5) is 30.3. The van der Waals surface area contributed by atoms with Crippen molar-refractivity contribution in [1.82, 2.24) is 9.80 Å². The Morgan fingerprint density at radius 3 is 2.37 bits per heavy atom. The number of anilines is 1. The van der Waals surface area contributed by atoms with E-state index in [0.29, 0.717) is 45.7 Å². The number of carbonyl (C=O) groups excluding carboxylic acids is 2. The third-order valence-corrected chi connectivity index (χ3v) is 7.76. The van der Waals surface area contributed by atoms with Crippen molar-refractivity contribution in [3.8, 4) is 0 Å². The number of benzene rings is 1. The normalized spacial score (nSPS) is 26.3. The molecule has 0 radical (unpaired) electrons. The summed E-state index contributed by atoms with van der Waals surface area (Å²) in [5, 5.41) is 0. The quantitative estimate of drug-likeness (QED) is 0.641. The van der Waals surface area contributed by atoms with Gasteiger partial charge in [-0.25, -0.2) is 4.79 Å². The number of Topliss-reactive ketones (excluding diaryl/α,β-unsaturated/α-hetero) is 1. The van der Waals surface area contributed by atoms with Crippen LogP contribution in [0.2, 0.25) is 0 Å². The van der Waals surface area contributed by atoms with Crippen molar-refractivity contribution in [3.05, 3.63) is 29.8 Å². The predicted molar refractivity (Wildman–Crippen MR) is 122 cm³/mol. The topological polar surface area (TPSA) is 62.3 Å². The fourth-order valence-corrected chi connectivity index (χ4v) is 5.36. The first-order chi connectivity index (χ1) is 16.5. The monoisotopic (exact) mass is 495 g/mol. The fourth-order valence-electron chi connectivity index (χ4n) is 5.36. The summed E-state index contributed by atoms with van der Waals surface area (Å²) in [5.74, 6) is 0.481. The molecule has 2 amide bonds. The molecule has 10 heteroatoms. The lowest BCUT2D eigenvalue weighted by Gasteiger charge is -2.46. The summed E-state index contributed by atoms with van der Waals surface area (Å²) in [6.45, 7) is 5.72. The number of ether oxygens (including phenoxy) is 2. The zero-order valence-corrected chi connectivity index (χ0v) is 20.1. The Kier molecular flexibility index (Phi) is 6.24. The molecule has 1 aromatic rings. The number of carbonyl (C=O) groups is 2. The van der Waals surface area contributed by atoms with Gasteiger partial charge in [-0.2, -0.15) is 13.2 Å². The molecule has 0 aromatic heterocycles. The van der Waals surface area contributed by atoms with Gasteiger partial charge in [-0.05, 0) is 38.0 Å². The van der Waals surface area contributed by atoms with Crippen molar-refractivity contribution in [1.29, 1.82) is 0 Å². The van der Waals surface area contributed by atoms with E-state index in [9.17, 15) is 22.8 Å². The molecule has 0 N–H and O–H groups in total. The minimum atomic E-state index is -4.40. The van der Waals surface area contributed by atoms with Crippen molar-refractivity contribution in [2.75, 3.05) is 50.8 Å². The molecule has 0 aliphatic carbocycles. The molecular weight excluding hydrogens is 463 g/mol. The highest BCUT2D eigenvalue weighted by molar-refractivity contribution is 5.81. The zero-order chi connectivity index (χ0) is 25.0. The van der Waals surface area contributed by atoms with Crippen molar-refractivity contribution in [2.24, 2.45) is 5.92 Å². The number of likely N-dealkylation sites (tertiary alicyclic amines) is 2. The van der Waals surface area contributed by atoms with Crippen LogP contribution in [0.5, 0.6) is 0 Å². The maximum Gasteiger partial charge on any atom is 0.416 e. The van der Waals surface area contributed by atoms with Crippen molar-refractivity contribution < 1.29 is 32.2 Å². The number of piperidine rings is 1. The number of nitrogens with zero attached hydrogens (tertiary/aromatic N) is 3. The Morgan fingerprint density at radius 2 is 1.71 bits per heavy atom. The van der Waals surface area contributed by atoms with E-state index in [0.717, 1.165) is 31.5 Å². The first kappa shape index (κ1) is 24.4. The number of hydrogen-bond donors (Lipinski definition) is 0. The van der Waals surface area contributed by atoms with Crippen LogP contribution in [0.3, 0.4) is 0 Å². The van der Waals surface area contributed by atoms with Gasteiger partial charge in [0.1, 0.15) is 6.61 Å². The molecule has 4 aliphatic heterocycles. The maximum atomic E-state index is 13.0. The molecule has 4 fully saturated rings. The molecule has 2 atom stereocenters. The largest absolute Gasteiger partial charge is 0.416 e. The van der Waals surface area contributed by atoms with Crippen LogP contribution in [0.1, 0.15) is 38.2 Å². The summed E-state index contributed by atoms with van der Waals surface area (Å²) in [5.41, 5.74) is -0.0503. The Bertz CT molecular complexity index is 956. The number of hydrogen-bond acceptors (Lipinski definition) is 5. The number of alkyl halides is 3. The molecule has 192 valence electrons. The van der Waals surface area contributed by atoms with Gasteiger partial charge in [0.05, 0.1) is 12.2 Å². The first-order valence-corrected chi connectivity index (χ1v) is 12.3. The van der Waals surface area contributed by atoms with Gasteiger partial charge < -0.3 is 24.2 Å². The Labute approximate surface area is 203 Å². The fraction of sp³-hybridized carbons (Fsp3) is 0.680. The van der Waals surface area contributed by atoms with E-state index < -0.39 is 17.9 Å². The number of amides is 2.